The fraction of sp³-hybridized carbons (Fsp3) is 0.574. The highest BCUT2D eigenvalue weighted by molar-refractivity contribution is 7.85. The van der Waals surface area contributed by atoms with Crippen molar-refractivity contribution in [1.29, 1.82) is 0 Å². The van der Waals surface area contributed by atoms with Crippen LogP contribution >= 0.6 is 11.6 Å². The summed E-state index contributed by atoms with van der Waals surface area (Å²) in [5.74, 6) is -0.587. The molecule has 0 saturated carbocycles. The van der Waals surface area contributed by atoms with Gasteiger partial charge in [0.25, 0.3) is 0 Å². The van der Waals surface area contributed by atoms with Crippen molar-refractivity contribution in [3.05, 3.63) is 137 Å². The summed E-state index contributed by atoms with van der Waals surface area (Å²) in [6.07, 6.45) is 21.8. The number of ether oxygens (including phenoxy) is 2. The summed E-state index contributed by atoms with van der Waals surface area (Å²) in [6.45, 7) is 20.6. The average molecular weight is 1180 g/mol. The molecule has 0 saturated heterocycles. The predicted molar refractivity (Wildman–Crippen MR) is 332 cm³/mol. The van der Waals surface area contributed by atoms with Gasteiger partial charge >= 0.3 is 11.9 Å². The van der Waals surface area contributed by atoms with Crippen LogP contribution in [-0.4, -0.2) is 102 Å². The Morgan fingerprint density at radius 3 is 2.40 bits per heavy atom. The fourth-order valence-electron chi connectivity index (χ4n) is 12.9. The van der Waals surface area contributed by atoms with Crippen LogP contribution < -0.4 is 10.2 Å². The van der Waals surface area contributed by atoms with E-state index in [-0.39, 0.29) is 91.7 Å². The number of esters is 2. The van der Waals surface area contributed by atoms with Gasteiger partial charge in [-0.2, -0.15) is 4.58 Å². The van der Waals surface area contributed by atoms with Crippen LogP contribution in [0.5, 0.6) is 0 Å². The van der Waals surface area contributed by atoms with Crippen molar-refractivity contribution in [2.75, 3.05) is 36.9 Å². The fourth-order valence-corrected chi connectivity index (χ4v) is 13.7. The van der Waals surface area contributed by atoms with Crippen molar-refractivity contribution < 1.29 is 51.6 Å². The van der Waals surface area contributed by atoms with Crippen LogP contribution in [0.25, 0.3) is 0 Å². The van der Waals surface area contributed by atoms with E-state index in [1.807, 2.05) is 32.9 Å². The topological polar surface area (TPSA) is 186 Å². The lowest BCUT2D eigenvalue weighted by Crippen LogP contribution is -2.43. The number of hydrogen-bond donors (Lipinski definition) is 3. The van der Waals surface area contributed by atoms with E-state index in [0.717, 1.165) is 72.6 Å². The van der Waals surface area contributed by atoms with Crippen LogP contribution in [0.15, 0.2) is 119 Å². The molecule has 0 unspecified atom stereocenters. The van der Waals surface area contributed by atoms with Crippen molar-refractivity contribution in [3.8, 4) is 0 Å². The van der Waals surface area contributed by atoms with E-state index in [1.54, 1.807) is 0 Å². The number of aliphatic hydroxyl groups is 2. The van der Waals surface area contributed by atoms with Crippen molar-refractivity contribution >= 4 is 56.7 Å². The third kappa shape index (κ3) is 17.1. The van der Waals surface area contributed by atoms with Crippen molar-refractivity contribution in [3.63, 3.8) is 0 Å². The van der Waals surface area contributed by atoms with Crippen LogP contribution in [0.4, 0.5) is 11.4 Å². The Hall–Kier alpha value is -5.12. The van der Waals surface area contributed by atoms with Crippen molar-refractivity contribution in [2.24, 2.45) is 29.1 Å². The van der Waals surface area contributed by atoms with E-state index in [9.17, 15) is 37.6 Å². The third-order valence-electron chi connectivity index (χ3n) is 18.0. The number of unbranched alkanes of at least 4 members (excludes halogenated alkanes) is 3. The zero-order valence-electron chi connectivity index (χ0n) is 51.2. The van der Waals surface area contributed by atoms with Crippen LogP contribution in [0, 0.1) is 36.5 Å². The molecule has 83 heavy (non-hydrogen) atoms. The first-order valence-electron chi connectivity index (χ1n) is 30.2. The zero-order chi connectivity index (χ0) is 59.6. The van der Waals surface area contributed by atoms with Crippen molar-refractivity contribution in [2.45, 2.75) is 188 Å². The second-order valence-corrected chi connectivity index (χ2v) is 27.3. The summed E-state index contributed by atoms with van der Waals surface area (Å²) in [4.78, 5) is 41.0. The largest absolute Gasteiger partial charge is 0.748 e. The maximum absolute atomic E-state index is 13.2. The van der Waals surface area contributed by atoms with Crippen LogP contribution in [0.1, 0.15) is 170 Å². The number of hydrogen-bond acceptors (Lipinski definition) is 11. The number of nitrogens with one attached hydrogen (secondary N) is 1. The number of nitrogens with zero attached hydrogens (tertiary/aromatic N) is 2. The first-order valence-corrected chi connectivity index (χ1v) is 32.2. The minimum absolute atomic E-state index is 0. The molecule has 7 atom stereocenters. The van der Waals surface area contributed by atoms with Gasteiger partial charge in [-0.3, -0.25) is 14.4 Å². The summed E-state index contributed by atoms with van der Waals surface area (Å²) in [6, 6.07) is 16.8. The third-order valence-corrected chi connectivity index (χ3v) is 19.3. The second-order valence-electron chi connectivity index (χ2n) is 25.4. The Labute approximate surface area is 501 Å². The van der Waals surface area contributed by atoms with Gasteiger partial charge in [0.1, 0.15) is 19.3 Å². The average Bonchev–Trinajstić information content (AvgIpc) is 3.27. The molecule has 0 aromatic heterocycles. The monoisotopic (exact) mass is 1180 g/mol. The van der Waals surface area contributed by atoms with Gasteiger partial charge in [0, 0.05) is 70.6 Å². The highest BCUT2D eigenvalue weighted by Crippen LogP contribution is 2.49. The molecule has 5 aliphatic rings. The number of halogens is 1. The maximum atomic E-state index is 13.2. The maximum Gasteiger partial charge on any atom is 0.311 e. The number of carbonyl (C=O) groups is 3. The minimum Gasteiger partial charge on any atom is -0.748 e. The molecule has 0 bridgehead atoms. The number of amides is 1. The van der Waals surface area contributed by atoms with Gasteiger partial charge < -0.3 is 41.9 Å². The molecule has 0 radical (unpaired) electrons. The molecule has 1 amide bonds. The number of carbonyl (C=O) groups excluding carboxylic acids is 3. The molecule has 15 heteroatoms. The lowest BCUT2D eigenvalue weighted by Gasteiger charge is -2.44. The molecule has 2 aliphatic heterocycles. The van der Waals surface area contributed by atoms with Crippen LogP contribution in [-0.2, 0) is 44.8 Å². The number of fused-ring (bicyclic) bond motifs is 3. The zero-order valence-corrected chi connectivity index (χ0v) is 52.8. The van der Waals surface area contributed by atoms with E-state index >= 15 is 0 Å². The Balaban J connectivity index is 0.0000111. The predicted octanol–water partition coefficient (Wildman–Crippen LogP) is 12.9. The Morgan fingerprint density at radius 1 is 0.940 bits per heavy atom. The van der Waals surface area contributed by atoms with Crippen LogP contribution in [0.3, 0.4) is 0 Å². The van der Waals surface area contributed by atoms with Crippen LogP contribution in [0.2, 0.25) is 0 Å². The van der Waals surface area contributed by atoms with E-state index in [4.69, 9.17) is 21.1 Å². The highest BCUT2D eigenvalue weighted by atomic mass is 35.5. The van der Waals surface area contributed by atoms with Gasteiger partial charge in [0.2, 0.25) is 11.6 Å². The molecule has 456 valence electrons. The van der Waals surface area contributed by atoms with E-state index in [2.05, 4.69) is 135 Å². The first kappa shape index (κ1) is 67.0. The number of allylic oxidation sites excluding steroid dienone is 11. The number of aliphatic hydroxyl groups excluding tert-OH is 2. The van der Waals surface area contributed by atoms with Gasteiger partial charge in [0.15, 0.2) is 5.71 Å². The van der Waals surface area contributed by atoms with E-state index in [0.29, 0.717) is 51.5 Å². The minimum atomic E-state index is -4.27. The summed E-state index contributed by atoms with van der Waals surface area (Å²) in [5, 5.41) is 25.4. The molecule has 0 spiro atoms. The van der Waals surface area contributed by atoms with Gasteiger partial charge in [-0.05, 0) is 157 Å². The molecule has 3 aliphatic carbocycles. The molecule has 0 fully saturated rings. The Bertz CT molecular complexity index is 2970. The summed E-state index contributed by atoms with van der Waals surface area (Å²) in [7, 11) is -4.27. The SMILES string of the molecule is CCC(C)(C)C(=O)O[C@H]1C[C@@H](C)C=C2C=C[C@H](C)[C@H](CC[C@@H](O)C[C@@H](O)CC(=O)OCCNC(=O)CCCCC[N+]3=C(C=CC4=C(Cl)C(=CC=C5N(CCCCS(=O)(=O)[O-])c6ccccc6C5(C)C)CCC4)C(C)(C)c4ccccc43)[C@H]21.[CH3-]. The van der Waals surface area contributed by atoms with Gasteiger partial charge in [-0.15, -0.1) is 0 Å². The molecule has 13 nitrogen and oxygen atoms in total. The molecule has 2 aromatic carbocycles. The molecular weight excluding hydrogens is 1090 g/mol. The smallest absolute Gasteiger partial charge is 0.311 e. The number of benzene rings is 2. The molecule has 7 rings (SSSR count). The van der Waals surface area contributed by atoms with Gasteiger partial charge in [-0.1, -0.05) is 113 Å². The second kappa shape index (κ2) is 29.3. The number of para-hydroxylation sites is 2. The Morgan fingerprint density at radius 2 is 1.66 bits per heavy atom. The molecule has 2 heterocycles. The van der Waals surface area contributed by atoms with Gasteiger partial charge in [-0.25, -0.2) is 8.42 Å². The molecular formula is C68H95ClN3O10S-. The highest BCUT2D eigenvalue weighted by Gasteiger charge is 2.45. The lowest BCUT2D eigenvalue weighted by molar-refractivity contribution is -0.438. The molecule has 3 N–H and O–H groups in total. The van der Waals surface area contributed by atoms with E-state index in [1.165, 1.54) is 28.1 Å². The first-order chi connectivity index (χ1) is 38.8. The van der Waals surface area contributed by atoms with Crippen molar-refractivity contribution in [1.82, 2.24) is 5.32 Å². The Kier molecular flexibility index (Phi) is 23.7. The molecule has 2 aromatic rings. The summed E-state index contributed by atoms with van der Waals surface area (Å²) in [5.41, 5.74) is 9.22. The van der Waals surface area contributed by atoms with Gasteiger partial charge in [0.05, 0.1) is 46.1 Å². The normalized spacial score (nSPS) is 23.6. The quantitative estimate of drug-likeness (QED) is 0.0254. The lowest BCUT2D eigenvalue weighted by atomic mass is 9.65. The number of rotatable bonds is 27. The number of anilines is 1. The van der Waals surface area contributed by atoms with E-state index < -0.39 is 33.7 Å². The summed E-state index contributed by atoms with van der Waals surface area (Å²) >= 11 is 7.28. The summed E-state index contributed by atoms with van der Waals surface area (Å²) < 4.78 is 48.0. The standard InChI is InChI=1S/C67H92ClN3O10S.CH3/c1-10-65(4,5)64(76)81-57-42-45(2)41-49-29-28-46(3)52(62(49)57)33-32-50(72)43-51(73)44-61(75)80-39-36-69-60(74)27-12-11-17-37-70-55-25-15-13-23-53(55)66(6,7)58(70)34-30-47-21-20-22-48(63(47)68)31-35-59-67(8,9)54-24-14-16-26-56(54)71(59)38-18-19-40-82(77,78)79;/h13-16,23-26,28-31,34-35,41,45-46,50-52,57,62,72-73H,10-12,17-22,27,32-33,36-40,42-44H2,1-9H3,(H-,69,74,77,78,79);1H3/q;-1/t45-,46-,50+,51+,52-,57-,62-;/m0./s1.